The lowest BCUT2D eigenvalue weighted by atomic mass is 10.1. The van der Waals surface area contributed by atoms with Gasteiger partial charge in [-0.3, -0.25) is 9.69 Å². The highest BCUT2D eigenvalue weighted by molar-refractivity contribution is 5.74. The molecule has 1 saturated heterocycles. The Morgan fingerprint density at radius 3 is 2.77 bits per heavy atom. The smallest absolute Gasteiger partial charge is 0.219 e. The SMILES string of the molecule is CCN1CCN(C)CC1CC(N)=O. The summed E-state index contributed by atoms with van der Waals surface area (Å²) in [5.41, 5.74) is 5.20. The first-order chi connectivity index (χ1) is 6.13. The van der Waals surface area contributed by atoms with Crippen LogP contribution in [0.3, 0.4) is 0 Å². The molecule has 13 heavy (non-hydrogen) atoms. The fraction of sp³-hybridized carbons (Fsp3) is 0.889. The predicted octanol–water partition coefficient (Wildman–Crippen LogP) is -0.502. The Kier molecular flexibility index (Phi) is 3.69. The van der Waals surface area contributed by atoms with E-state index in [2.05, 4.69) is 23.8 Å². The lowest BCUT2D eigenvalue weighted by Gasteiger charge is -2.38. The molecule has 0 aliphatic carbocycles. The van der Waals surface area contributed by atoms with Gasteiger partial charge in [0, 0.05) is 32.1 Å². The number of nitrogens with zero attached hydrogens (tertiary/aromatic N) is 2. The number of carbonyl (C=O) groups excluding carboxylic acids is 1. The summed E-state index contributed by atoms with van der Waals surface area (Å²) in [6.45, 7) is 6.22. The average molecular weight is 185 g/mol. The normalized spacial score (nSPS) is 26.2. The van der Waals surface area contributed by atoms with Crippen LogP contribution in [-0.2, 0) is 4.79 Å². The number of primary amides is 1. The summed E-state index contributed by atoms with van der Waals surface area (Å²) in [6, 6.07) is 0.321. The van der Waals surface area contributed by atoms with Crippen LogP contribution in [0.4, 0.5) is 0 Å². The summed E-state index contributed by atoms with van der Waals surface area (Å²) >= 11 is 0. The molecule has 0 radical (unpaired) electrons. The summed E-state index contributed by atoms with van der Waals surface area (Å²) < 4.78 is 0. The highest BCUT2D eigenvalue weighted by atomic mass is 16.1. The molecule has 1 aliphatic rings. The van der Waals surface area contributed by atoms with Crippen molar-refractivity contribution in [1.29, 1.82) is 0 Å². The van der Waals surface area contributed by atoms with Crippen molar-refractivity contribution in [1.82, 2.24) is 9.80 Å². The monoisotopic (exact) mass is 185 g/mol. The Morgan fingerprint density at radius 1 is 1.54 bits per heavy atom. The first kappa shape index (κ1) is 10.5. The van der Waals surface area contributed by atoms with Crippen LogP contribution in [0.15, 0.2) is 0 Å². The summed E-state index contributed by atoms with van der Waals surface area (Å²) in [4.78, 5) is 15.4. The maximum Gasteiger partial charge on any atom is 0.219 e. The Hall–Kier alpha value is -0.610. The van der Waals surface area contributed by atoms with Gasteiger partial charge in [-0.15, -0.1) is 0 Å². The van der Waals surface area contributed by atoms with Gasteiger partial charge >= 0.3 is 0 Å². The zero-order valence-electron chi connectivity index (χ0n) is 8.49. The van der Waals surface area contributed by atoms with E-state index in [1.165, 1.54) is 0 Å². The molecule has 1 aliphatic heterocycles. The average Bonchev–Trinajstić information content (AvgIpc) is 2.03. The Morgan fingerprint density at radius 2 is 2.23 bits per heavy atom. The van der Waals surface area contributed by atoms with E-state index in [1.54, 1.807) is 0 Å². The standard InChI is InChI=1S/C9H19N3O/c1-3-12-5-4-11(2)7-8(12)6-9(10)13/h8H,3-7H2,1-2H3,(H2,10,13). The van der Waals surface area contributed by atoms with E-state index < -0.39 is 0 Å². The maximum absolute atomic E-state index is 10.8. The van der Waals surface area contributed by atoms with Crippen molar-refractivity contribution in [2.45, 2.75) is 19.4 Å². The van der Waals surface area contributed by atoms with Gasteiger partial charge in [0.25, 0.3) is 0 Å². The van der Waals surface area contributed by atoms with Gasteiger partial charge in [0.05, 0.1) is 0 Å². The Balaban J connectivity index is 2.49. The molecular formula is C9H19N3O. The van der Waals surface area contributed by atoms with E-state index in [-0.39, 0.29) is 5.91 Å². The van der Waals surface area contributed by atoms with Crippen LogP contribution in [0.1, 0.15) is 13.3 Å². The third kappa shape index (κ3) is 2.97. The number of likely N-dealkylation sites (N-methyl/N-ethyl adjacent to an activating group) is 2. The fourth-order valence-electron chi connectivity index (χ4n) is 1.89. The lowest BCUT2D eigenvalue weighted by molar-refractivity contribution is -0.119. The Labute approximate surface area is 79.7 Å². The number of hydrogen-bond acceptors (Lipinski definition) is 3. The first-order valence-corrected chi connectivity index (χ1v) is 4.84. The largest absolute Gasteiger partial charge is 0.370 e. The van der Waals surface area contributed by atoms with Crippen molar-refractivity contribution in [2.24, 2.45) is 5.73 Å². The summed E-state index contributed by atoms with van der Waals surface area (Å²) in [7, 11) is 2.08. The predicted molar refractivity (Wildman–Crippen MR) is 52.3 cm³/mol. The minimum Gasteiger partial charge on any atom is -0.370 e. The third-order valence-electron chi connectivity index (χ3n) is 2.65. The zero-order valence-corrected chi connectivity index (χ0v) is 8.49. The number of hydrogen-bond donors (Lipinski definition) is 1. The highest BCUT2D eigenvalue weighted by Crippen LogP contribution is 2.10. The highest BCUT2D eigenvalue weighted by Gasteiger charge is 2.24. The topological polar surface area (TPSA) is 49.6 Å². The fourth-order valence-corrected chi connectivity index (χ4v) is 1.89. The van der Waals surface area contributed by atoms with E-state index in [0.29, 0.717) is 12.5 Å². The summed E-state index contributed by atoms with van der Waals surface area (Å²) in [5, 5.41) is 0. The molecular weight excluding hydrogens is 166 g/mol. The number of amides is 1. The second-order valence-electron chi connectivity index (χ2n) is 3.72. The van der Waals surface area contributed by atoms with Gasteiger partial charge in [-0.25, -0.2) is 0 Å². The summed E-state index contributed by atoms with van der Waals surface area (Å²) in [5.74, 6) is -0.196. The molecule has 1 rings (SSSR count). The van der Waals surface area contributed by atoms with Crippen molar-refractivity contribution in [3.63, 3.8) is 0 Å². The third-order valence-corrected chi connectivity index (χ3v) is 2.65. The molecule has 1 unspecified atom stereocenters. The maximum atomic E-state index is 10.8. The molecule has 1 fully saturated rings. The van der Waals surface area contributed by atoms with Gasteiger partial charge in [-0.1, -0.05) is 6.92 Å². The van der Waals surface area contributed by atoms with Crippen LogP contribution in [0.25, 0.3) is 0 Å². The lowest BCUT2D eigenvalue weighted by Crippen LogP contribution is -2.52. The molecule has 4 heteroatoms. The van der Waals surface area contributed by atoms with Gasteiger partial charge in [-0.2, -0.15) is 0 Å². The van der Waals surface area contributed by atoms with Gasteiger partial charge in [-0.05, 0) is 13.6 Å². The van der Waals surface area contributed by atoms with Crippen LogP contribution in [0, 0.1) is 0 Å². The molecule has 0 aromatic heterocycles. The number of nitrogens with two attached hydrogens (primary N) is 1. The van der Waals surface area contributed by atoms with Gasteiger partial charge in [0.1, 0.15) is 0 Å². The molecule has 1 atom stereocenters. The second-order valence-corrected chi connectivity index (χ2v) is 3.72. The Bertz CT molecular complexity index is 184. The molecule has 0 bridgehead atoms. The number of carbonyl (C=O) groups is 1. The quantitative estimate of drug-likeness (QED) is 0.645. The molecule has 4 nitrogen and oxygen atoms in total. The van der Waals surface area contributed by atoms with E-state index in [4.69, 9.17) is 5.73 Å². The molecule has 0 spiro atoms. The molecule has 1 amide bonds. The van der Waals surface area contributed by atoms with Crippen LogP contribution in [0.5, 0.6) is 0 Å². The zero-order chi connectivity index (χ0) is 9.84. The molecule has 0 saturated carbocycles. The van der Waals surface area contributed by atoms with Crippen LogP contribution >= 0.6 is 0 Å². The van der Waals surface area contributed by atoms with Crippen molar-refractivity contribution < 1.29 is 4.79 Å². The van der Waals surface area contributed by atoms with Crippen molar-refractivity contribution in [3.05, 3.63) is 0 Å². The molecule has 1 heterocycles. The van der Waals surface area contributed by atoms with Crippen molar-refractivity contribution >= 4 is 5.91 Å². The van der Waals surface area contributed by atoms with Gasteiger partial charge in [0.15, 0.2) is 0 Å². The van der Waals surface area contributed by atoms with E-state index in [1.807, 2.05) is 0 Å². The molecule has 76 valence electrons. The number of rotatable bonds is 3. The van der Waals surface area contributed by atoms with Crippen molar-refractivity contribution in [3.8, 4) is 0 Å². The van der Waals surface area contributed by atoms with Gasteiger partial charge < -0.3 is 10.6 Å². The van der Waals surface area contributed by atoms with Crippen LogP contribution in [-0.4, -0.2) is 55.0 Å². The molecule has 0 aromatic rings. The van der Waals surface area contributed by atoms with E-state index in [0.717, 1.165) is 26.2 Å². The minimum atomic E-state index is -0.196. The minimum absolute atomic E-state index is 0.196. The second kappa shape index (κ2) is 4.58. The molecule has 0 aromatic carbocycles. The van der Waals surface area contributed by atoms with E-state index in [9.17, 15) is 4.79 Å². The first-order valence-electron chi connectivity index (χ1n) is 4.84. The van der Waals surface area contributed by atoms with Crippen LogP contribution in [0.2, 0.25) is 0 Å². The molecule has 2 N–H and O–H groups in total. The summed E-state index contributed by atoms with van der Waals surface area (Å²) in [6.07, 6.45) is 0.484. The van der Waals surface area contributed by atoms with E-state index >= 15 is 0 Å². The van der Waals surface area contributed by atoms with Crippen molar-refractivity contribution in [2.75, 3.05) is 33.2 Å². The van der Waals surface area contributed by atoms with Gasteiger partial charge in [0.2, 0.25) is 5.91 Å². The number of piperazine rings is 1. The van der Waals surface area contributed by atoms with Crippen LogP contribution < -0.4 is 5.73 Å².